The summed E-state index contributed by atoms with van der Waals surface area (Å²) in [4.78, 5) is 25.9. The second-order valence-corrected chi connectivity index (χ2v) is 5.83. The molecule has 2 unspecified atom stereocenters. The standard InChI is InChI=1S/C17H19NO3/c19-16-15-13(7-4-8-14(15)17(20)21)9-10-18(16)11-12-5-2-1-3-6-12/h1-7,13-15H,8-11H2,(H,20,21)/t13?,14-,15?/m0/s1. The third-order valence-corrected chi connectivity index (χ3v) is 4.53. The molecule has 1 aromatic carbocycles. The van der Waals surface area contributed by atoms with Gasteiger partial charge in [0.2, 0.25) is 5.91 Å². The molecule has 2 aliphatic rings. The summed E-state index contributed by atoms with van der Waals surface area (Å²) in [5.74, 6) is -1.76. The molecule has 4 nitrogen and oxygen atoms in total. The molecule has 1 fully saturated rings. The van der Waals surface area contributed by atoms with Crippen molar-refractivity contribution in [3.63, 3.8) is 0 Å². The maximum atomic E-state index is 12.7. The zero-order valence-electron chi connectivity index (χ0n) is 11.8. The van der Waals surface area contributed by atoms with Crippen molar-refractivity contribution in [3.8, 4) is 0 Å². The molecule has 3 atom stereocenters. The van der Waals surface area contributed by atoms with Crippen LogP contribution in [0.1, 0.15) is 18.4 Å². The van der Waals surface area contributed by atoms with Gasteiger partial charge in [-0.05, 0) is 24.3 Å². The molecule has 4 heteroatoms. The van der Waals surface area contributed by atoms with Gasteiger partial charge in [0.25, 0.3) is 0 Å². The number of nitrogens with zero attached hydrogens (tertiary/aromatic N) is 1. The fourth-order valence-corrected chi connectivity index (χ4v) is 3.44. The number of rotatable bonds is 3. The minimum Gasteiger partial charge on any atom is -0.481 e. The molecular formula is C17H19NO3. The molecule has 0 spiro atoms. The third kappa shape index (κ3) is 2.71. The molecule has 0 saturated carbocycles. The lowest BCUT2D eigenvalue weighted by molar-refractivity contribution is -0.155. The maximum absolute atomic E-state index is 12.7. The monoisotopic (exact) mass is 285 g/mol. The van der Waals surface area contributed by atoms with E-state index in [2.05, 4.69) is 0 Å². The van der Waals surface area contributed by atoms with E-state index >= 15 is 0 Å². The quantitative estimate of drug-likeness (QED) is 0.867. The number of carboxylic acid groups (broad SMARTS) is 1. The van der Waals surface area contributed by atoms with E-state index in [9.17, 15) is 14.7 Å². The van der Waals surface area contributed by atoms with Gasteiger partial charge in [0, 0.05) is 13.1 Å². The van der Waals surface area contributed by atoms with E-state index in [0.29, 0.717) is 19.5 Å². The number of carboxylic acids is 1. The number of allylic oxidation sites excluding steroid dienone is 2. The summed E-state index contributed by atoms with van der Waals surface area (Å²) in [6.45, 7) is 1.27. The summed E-state index contributed by atoms with van der Waals surface area (Å²) in [5.41, 5.74) is 1.09. The predicted octanol–water partition coefficient (Wildman–Crippen LogP) is 2.31. The van der Waals surface area contributed by atoms with E-state index in [1.165, 1.54) is 0 Å². The molecule has 0 bridgehead atoms. The van der Waals surface area contributed by atoms with Crippen LogP contribution in [0.25, 0.3) is 0 Å². The Morgan fingerprint density at radius 1 is 1.29 bits per heavy atom. The highest BCUT2D eigenvalue weighted by Gasteiger charge is 2.44. The van der Waals surface area contributed by atoms with Crippen LogP contribution in [-0.2, 0) is 16.1 Å². The van der Waals surface area contributed by atoms with Crippen LogP contribution >= 0.6 is 0 Å². The van der Waals surface area contributed by atoms with E-state index in [-0.39, 0.29) is 11.8 Å². The molecular weight excluding hydrogens is 266 g/mol. The summed E-state index contributed by atoms with van der Waals surface area (Å²) in [6.07, 6.45) is 5.26. The Morgan fingerprint density at radius 2 is 2.05 bits per heavy atom. The van der Waals surface area contributed by atoms with Gasteiger partial charge < -0.3 is 10.0 Å². The Balaban J connectivity index is 1.79. The van der Waals surface area contributed by atoms with Crippen LogP contribution in [0.5, 0.6) is 0 Å². The number of amides is 1. The van der Waals surface area contributed by atoms with Gasteiger partial charge in [0.1, 0.15) is 0 Å². The number of piperidine rings is 1. The molecule has 21 heavy (non-hydrogen) atoms. The molecule has 1 aromatic rings. The Bertz CT molecular complexity index is 567. The molecule has 1 saturated heterocycles. The lowest BCUT2D eigenvalue weighted by Crippen LogP contribution is -2.49. The minimum absolute atomic E-state index is 0.00754. The van der Waals surface area contributed by atoms with Crippen LogP contribution in [0.3, 0.4) is 0 Å². The summed E-state index contributed by atoms with van der Waals surface area (Å²) < 4.78 is 0. The number of hydrogen-bond donors (Lipinski definition) is 1. The smallest absolute Gasteiger partial charge is 0.307 e. The topological polar surface area (TPSA) is 57.6 Å². The van der Waals surface area contributed by atoms with Gasteiger partial charge in [-0.3, -0.25) is 9.59 Å². The second kappa shape index (κ2) is 5.72. The maximum Gasteiger partial charge on any atom is 0.307 e. The normalized spacial score (nSPS) is 28.3. The van der Waals surface area contributed by atoms with Crippen molar-refractivity contribution in [3.05, 3.63) is 48.0 Å². The zero-order chi connectivity index (χ0) is 14.8. The molecule has 1 heterocycles. The van der Waals surface area contributed by atoms with Crippen LogP contribution in [0.15, 0.2) is 42.5 Å². The van der Waals surface area contributed by atoms with Crippen molar-refractivity contribution in [2.45, 2.75) is 19.4 Å². The van der Waals surface area contributed by atoms with Gasteiger partial charge in [-0.25, -0.2) is 0 Å². The van der Waals surface area contributed by atoms with Crippen LogP contribution < -0.4 is 0 Å². The molecule has 0 aromatic heterocycles. The van der Waals surface area contributed by atoms with Crippen LogP contribution in [0, 0.1) is 17.8 Å². The average molecular weight is 285 g/mol. The molecule has 1 aliphatic carbocycles. The fourth-order valence-electron chi connectivity index (χ4n) is 3.44. The van der Waals surface area contributed by atoms with Gasteiger partial charge in [0.15, 0.2) is 0 Å². The second-order valence-electron chi connectivity index (χ2n) is 5.83. The number of carbonyl (C=O) groups is 2. The van der Waals surface area contributed by atoms with Crippen molar-refractivity contribution in [1.82, 2.24) is 4.90 Å². The van der Waals surface area contributed by atoms with Gasteiger partial charge in [-0.2, -0.15) is 0 Å². The van der Waals surface area contributed by atoms with Crippen LogP contribution in [-0.4, -0.2) is 28.4 Å². The van der Waals surface area contributed by atoms with Crippen molar-refractivity contribution in [2.24, 2.45) is 17.8 Å². The molecule has 0 radical (unpaired) electrons. The highest BCUT2D eigenvalue weighted by atomic mass is 16.4. The number of aliphatic carboxylic acids is 1. The van der Waals surface area contributed by atoms with E-state index < -0.39 is 17.8 Å². The average Bonchev–Trinajstić information content (AvgIpc) is 2.50. The number of hydrogen-bond acceptors (Lipinski definition) is 2. The third-order valence-electron chi connectivity index (χ3n) is 4.53. The molecule has 1 N–H and O–H groups in total. The molecule has 1 amide bonds. The van der Waals surface area contributed by atoms with E-state index in [1.807, 2.05) is 47.4 Å². The number of fused-ring (bicyclic) bond motifs is 1. The number of likely N-dealkylation sites (tertiary alicyclic amines) is 1. The van der Waals surface area contributed by atoms with Crippen molar-refractivity contribution in [2.75, 3.05) is 6.54 Å². The van der Waals surface area contributed by atoms with E-state index in [4.69, 9.17) is 0 Å². The van der Waals surface area contributed by atoms with Gasteiger partial charge >= 0.3 is 5.97 Å². The van der Waals surface area contributed by atoms with Crippen molar-refractivity contribution < 1.29 is 14.7 Å². The Kier molecular flexibility index (Phi) is 3.78. The summed E-state index contributed by atoms with van der Waals surface area (Å²) in [7, 11) is 0. The first kappa shape index (κ1) is 13.9. The zero-order valence-corrected chi connectivity index (χ0v) is 11.8. The first-order chi connectivity index (χ1) is 10.2. The first-order valence-corrected chi connectivity index (χ1v) is 7.39. The predicted molar refractivity (Wildman–Crippen MR) is 78.3 cm³/mol. The highest BCUT2D eigenvalue weighted by molar-refractivity contribution is 5.86. The van der Waals surface area contributed by atoms with Crippen molar-refractivity contribution >= 4 is 11.9 Å². The highest BCUT2D eigenvalue weighted by Crippen LogP contribution is 2.37. The van der Waals surface area contributed by atoms with Gasteiger partial charge in [-0.15, -0.1) is 0 Å². The van der Waals surface area contributed by atoms with E-state index in [1.54, 1.807) is 0 Å². The first-order valence-electron chi connectivity index (χ1n) is 7.39. The van der Waals surface area contributed by atoms with Crippen LogP contribution in [0.2, 0.25) is 0 Å². The Hall–Kier alpha value is -2.10. The van der Waals surface area contributed by atoms with Crippen LogP contribution in [0.4, 0.5) is 0 Å². The lowest BCUT2D eigenvalue weighted by Gasteiger charge is -2.40. The summed E-state index contributed by atoms with van der Waals surface area (Å²) >= 11 is 0. The molecule has 110 valence electrons. The molecule has 3 rings (SSSR count). The minimum atomic E-state index is -0.857. The SMILES string of the molecule is O=C(O)[C@H]1CC=CC2CCN(Cc3ccccc3)C(=O)C21. The molecule has 1 aliphatic heterocycles. The van der Waals surface area contributed by atoms with Gasteiger partial charge in [-0.1, -0.05) is 42.5 Å². The summed E-state index contributed by atoms with van der Waals surface area (Å²) in [6, 6.07) is 9.85. The number of carbonyl (C=O) groups excluding carboxylic acids is 1. The lowest BCUT2D eigenvalue weighted by atomic mass is 9.71. The van der Waals surface area contributed by atoms with E-state index in [0.717, 1.165) is 12.0 Å². The Labute approximate surface area is 124 Å². The number of benzene rings is 1. The largest absolute Gasteiger partial charge is 0.481 e. The summed E-state index contributed by atoms with van der Waals surface area (Å²) in [5, 5.41) is 9.37. The van der Waals surface area contributed by atoms with Crippen molar-refractivity contribution in [1.29, 1.82) is 0 Å². The van der Waals surface area contributed by atoms with Gasteiger partial charge in [0.05, 0.1) is 11.8 Å². The fraction of sp³-hybridized carbons (Fsp3) is 0.412. The Morgan fingerprint density at radius 3 is 2.76 bits per heavy atom.